The van der Waals surface area contributed by atoms with Gasteiger partial charge in [-0.2, -0.15) is 0 Å². The Morgan fingerprint density at radius 3 is 2.93 bits per heavy atom. The molecule has 0 spiro atoms. The maximum atomic E-state index is 11.2. The van der Waals surface area contributed by atoms with Gasteiger partial charge in [0.1, 0.15) is 5.82 Å². The number of aromatic nitrogens is 2. The molecule has 0 aliphatic heterocycles. The van der Waals surface area contributed by atoms with Gasteiger partial charge in [0.15, 0.2) is 0 Å². The number of fused-ring (bicyclic) bond motifs is 2. The SMILES string of the molecule is O=c1ccnc([C@@H]2C[C@H]3CC[C@H]2C3)[nH]1. The van der Waals surface area contributed by atoms with Crippen LogP contribution >= 0.6 is 0 Å². The zero-order chi connectivity index (χ0) is 9.54. The number of hydrogen-bond donors (Lipinski definition) is 1. The first kappa shape index (κ1) is 8.21. The molecule has 3 nitrogen and oxygen atoms in total. The summed E-state index contributed by atoms with van der Waals surface area (Å²) in [6.07, 6.45) is 6.92. The number of rotatable bonds is 1. The van der Waals surface area contributed by atoms with E-state index in [0.717, 1.165) is 17.7 Å². The third-order valence-electron chi connectivity index (χ3n) is 3.78. The molecule has 2 bridgehead atoms. The number of nitrogens with one attached hydrogen (secondary N) is 1. The molecule has 1 aromatic rings. The third-order valence-corrected chi connectivity index (χ3v) is 3.78. The van der Waals surface area contributed by atoms with Crippen LogP contribution in [0.5, 0.6) is 0 Å². The number of nitrogens with zero attached hydrogens (tertiary/aromatic N) is 1. The van der Waals surface area contributed by atoms with E-state index in [2.05, 4.69) is 9.97 Å². The van der Waals surface area contributed by atoms with Crippen LogP contribution in [0.25, 0.3) is 0 Å². The molecule has 3 atom stereocenters. The number of H-pyrrole nitrogens is 1. The fourth-order valence-electron chi connectivity index (χ4n) is 3.15. The summed E-state index contributed by atoms with van der Waals surface area (Å²) in [6.45, 7) is 0. The lowest BCUT2D eigenvalue weighted by molar-refractivity contribution is 0.404. The molecule has 0 saturated heterocycles. The van der Waals surface area contributed by atoms with Crippen LogP contribution in [-0.4, -0.2) is 9.97 Å². The molecular formula is C11H14N2O. The average molecular weight is 190 g/mol. The van der Waals surface area contributed by atoms with Gasteiger partial charge in [-0.15, -0.1) is 0 Å². The van der Waals surface area contributed by atoms with Gasteiger partial charge in [-0.3, -0.25) is 4.79 Å². The first-order chi connectivity index (χ1) is 6.83. The molecule has 2 fully saturated rings. The fourth-order valence-corrected chi connectivity index (χ4v) is 3.15. The van der Waals surface area contributed by atoms with Crippen LogP contribution in [0.2, 0.25) is 0 Å². The molecule has 0 aromatic carbocycles. The lowest BCUT2D eigenvalue weighted by Gasteiger charge is -2.19. The fraction of sp³-hybridized carbons (Fsp3) is 0.636. The van der Waals surface area contributed by atoms with E-state index in [1.807, 2.05) is 0 Å². The molecule has 2 aliphatic carbocycles. The zero-order valence-electron chi connectivity index (χ0n) is 8.07. The van der Waals surface area contributed by atoms with E-state index in [4.69, 9.17) is 0 Å². The van der Waals surface area contributed by atoms with Gasteiger partial charge in [0.25, 0.3) is 5.56 Å². The Balaban J connectivity index is 1.93. The van der Waals surface area contributed by atoms with Crippen LogP contribution in [0.3, 0.4) is 0 Å². The normalized spacial score (nSPS) is 35.0. The van der Waals surface area contributed by atoms with Crippen molar-refractivity contribution in [3.8, 4) is 0 Å². The molecule has 2 aliphatic rings. The van der Waals surface area contributed by atoms with Crippen LogP contribution in [0.15, 0.2) is 17.1 Å². The standard InChI is InChI=1S/C11H14N2O/c14-10-3-4-12-11(13-10)9-6-7-1-2-8(9)5-7/h3-4,7-9H,1-2,5-6H2,(H,12,13,14)/t7-,8-,9+/m0/s1. The highest BCUT2D eigenvalue weighted by molar-refractivity contribution is 5.07. The molecular weight excluding hydrogens is 176 g/mol. The Kier molecular flexibility index (Phi) is 1.72. The van der Waals surface area contributed by atoms with Gasteiger partial charge >= 0.3 is 0 Å². The summed E-state index contributed by atoms with van der Waals surface area (Å²) in [7, 11) is 0. The van der Waals surface area contributed by atoms with Crippen LogP contribution < -0.4 is 5.56 Å². The second-order valence-corrected chi connectivity index (χ2v) is 4.60. The topological polar surface area (TPSA) is 45.8 Å². The van der Waals surface area contributed by atoms with Crippen LogP contribution in [0, 0.1) is 11.8 Å². The van der Waals surface area contributed by atoms with E-state index < -0.39 is 0 Å². The smallest absolute Gasteiger partial charge is 0.250 e. The molecule has 14 heavy (non-hydrogen) atoms. The summed E-state index contributed by atoms with van der Waals surface area (Å²) < 4.78 is 0. The maximum absolute atomic E-state index is 11.2. The minimum absolute atomic E-state index is 0.0160. The van der Waals surface area contributed by atoms with Crippen LogP contribution in [-0.2, 0) is 0 Å². The third kappa shape index (κ3) is 1.19. The van der Waals surface area contributed by atoms with Crippen molar-refractivity contribution in [3.63, 3.8) is 0 Å². The zero-order valence-corrected chi connectivity index (χ0v) is 8.07. The Bertz CT molecular complexity index is 398. The van der Waals surface area contributed by atoms with Gasteiger partial charge in [0.05, 0.1) is 0 Å². The summed E-state index contributed by atoms with van der Waals surface area (Å²) in [5.74, 6) is 3.13. The quantitative estimate of drug-likeness (QED) is 0.732. The minimum Gasteiger partial charge on any atom is -0.310 e. The van der Waals surface area contributed by atoms with E-state index in [1.54, 1.807) is 6.20 Å². The van der Waals surface area contributed by atoms with Gasteiger partial charge in [-0.05, 0) is 31.1 Å². The highest BCUT2D eigenvalue weighted by atomic mass is 16.1. The lowest BCUT2D eigenvalue weighted by atomic mass is 9.88. The van der Waals surface area contributed by atoms with Crippen molar-refractivity contribution >= 4 is 0 Å². The summed E-state index contributed by atoms with van der Waals surface area (Å²) in [5, 5.41) is 0. The van der Waals surface area contributed by atoms with Crippen molar-refractivity contribution in [2.24, 2.45) is 11.8 Å². The van der Waals surface area contributed by atoms with Crippen molar-refractivity contribution in [1.29, 1.82) is 0 Å². The Labute approximate surface area is 82.6 Å². The van der Waals surface area contributed by atoms with E-state index >= 15 is 0 Å². The first-order valence-corrected chi connectivity index (χ1v) is 5.38. The molecule has 3 heteroatoms. The van der Waals surface area contributed by atoms with Crippen molar-refractivity contribution in [3.05, 3.63) is 28.4 Å². The lowest BCUT2D eigenvalue weighted by Crippen LogP contribution is -2.16. The summed E-state index contributed by atoms with van der Waals surface area (Å²) in [4.78, 5) is 18.3. The predicted octanol–water partition coefficient (Wildman–Crippen LogP) is 1.67. The largest absolute Gasteiger partial charge is 0.310 e. The number of aromatic amines is 1. The summed E-state index contributed by atoms with van der Waals surface area (Å²) in [6, 6.07) is 1.48. The van der Waals surface area contributed by atoms with Gasteiger partial charge in [-0.25, -0.2) is 4.98 Å². The van der Waals surface area contributed by atoms with Crippen LogP contribution in [0.1, 0.15) is 37.4 Å². The predicted molar refractivity (Wildman–Crippen MR) is 53.0 cm³/mol. The van der Waals surface area contributed by atoms with Crippen molar-refractivity contribution in [2.45, 2.75) is 31.6 Å². The highest BCUT2D eigenvalue weighted by Crippen LogP contribution is 2.51. The molecule has 1 heterocycles. The van der Waals surface area contributed by atoms with Crippen molar-refractivity contribution < 1.29 is 0 Å². The number of hydrogen-bond acceptors (Lipinski definition) is 2. The Morgan fingerprint density at radius 2 is 2.29 bits per heavy atom. The van der Waals surface area contributed by atoms with E-state index in [9.17, 15) is 4.79 Å². The molecule has 1 aromatic heterocycles. The first-order valence-electron chi connectivity index (χ1n) is 5.38. The second-order valence-electron chi connectivity index (χ2n) is 4.60. The molecule has 2 saturated carbocycles. The maximum Gasteiger partial charge on any atom is 0.250 e. The molecule has 1 N–H and O–H groups in total. The highest BCUT2D eigenvalue weighted by Gasteiger charge is 2.41. The molecule has 3 rings (SSSR count). The van der Waals surface area contributed by atoms with Crippen molar-refractivity contribution in [1.82, 2.24) is 9.97 Å². The second kappa shape index (κ2) is 2.94. The molecule has 0 amide bonds. The van der Waals surface area contributed by atoms with Gasteiger partial charge < -0.3 is 4.98 Å². The van der Waals surface area contributed by atoms with Gasteiger partial charge in [0.2, 0.25) is 0 Å². The Hall–Kier alpha value is -1.12. The van der Waals surface area contributed by atoms with E-state index in [-0.39, 0.29) is 5.56 Å². The van der Waals surface area contributed by atoms with E-state index in [1.165, 1.54) is 31.7 Å². The molecule has 0 unspecified atom stereocenters. The summed E-state index contributed by atoms with van der Waals surface area (Å²) >= 11 is 0. The molecule has 0 radical (unpaired) electrons. The Morgan fingerprint density at radius 1 is 1.36 bits per heavy atom. The minimum atomic E-state index is -0.0160. The van der Waals surface area contributed by atoms with Crippen LogP contribution in [0.4, 0.5) is 0 Å². The van der Waals surface area contributed by atoms with E-state index in [0.29, 0.717) is 5.92 Å². The summed E-state index contributed by atoms with van der Waals surface area (Å²) in [5.41, 5.74) is -0.0160. The van der Waals surface area contributed by atoms with Gasteiger partial charge in [-0.1, -0.05) is 6.42 Å². The monoisotopic (exact) mass is 190 g/mol. The van der Waals surface area contributed by atoms with Crippen molar-refractivity contribution in [2.75, 3.05) is 0 Å². The average Bonchev–Trinajstić information content (AvgIpc) is 2.78. The molecule has 74 valence electrons. The van der Waals surface area contributed by atoms with Gasteiger partial charge in [0, 0.05) is 18.2 Å².